The number of nitrogens with one attached hydrogen (secondary N) is 2. The number of benzene rings is 1. The van der Waals surface area contributed by atoms with E-state index >= 15 is 0 Å². The molecule has 0 unspecified atom stereocenters. The maximum Gasteiger partial charge on any atom is 0.160 e. The standard InChI is InChI=1S/C15H18F2N4/c1-4-5-13-20-14(18-3)9(2)15(21-13)19-10-6-7-11(16)12(17)8-10/h6-8H,4-5H2,1-3H3,(H2,18,19,20,21). The molecule has 1 aromatic carbocycles. The summed E-state index contributed by atoms with van der Waals surface area (Å²) < 4.78 is 26.2. The van der Waals surface area contributed by atoms with Crippen LogP contribution in [-0.2, 0) is 6.42 Å². The maximum atomic E-state index is 13.3. The number of hydrogen-bond acceptors (Lipinski definition) is 4. The Labute approximate surface area is 122 Å². The SMILES string of the molecule is CCCc1nc(NC)c(C)c(Nc2ccc(F)c(F)c2)n1. The summed E-state index contributed by atoms with van der Waals surface area (Å²) in [7, 11) is 1.78. The molecule has 0 saturated carbocycles. The van der Waals surface area contributed by atoms with Crippen molar-refractivity contribution in [2.45, 2.75) is 26.7 Å². The van der Waals surface area contributed by atoms with Gasteiger partial charge in [0.2, 0.25) is 0 Å². The smallest absolute Gasteiger partial charge is 0.160 e. The summed E-state index contributed by atoms with van der Waals surface area (Å²) in [5.74, 6) is 0.247. The van der Waals surface area contributed by atoms with Crippen molar-refractivity contribution in [1.29, 1.82) is 0 Å². The van der Waals surface area contributed by atoms with E-state index < -0.39 is 11.6 Å². The predicted octanol–water partition coefficient (Wildman–Crippen LogP) is 3.80. The van der Waals surface area contributed by atoms with Gasteiger partial charge in [0, 0.05) is 30.8 Å². The van der Waals surface area contributed by atoms with E-state index in [0.717, 1.165) is 36.4 Å². The van der Waals surface area contributed by atoms with Crippen molar-refractivity contribution in [3.8, 4) is 0 Å². The number of anilines is 3. The monoisotopic (exact) mass is 292 g/mol. The molecule has 0 amide bonds. The van der Waals surface area contributed by atoms with Crippen molar-refractivity contribution in [2.75, 3.05) is 17.7 Å². The molecule has 4 nitrogen and oxygen atoms in total. The van der Waals surface area contributed by atoms with Crippen molar-refractivity contribution in [3.63, 3.8) is 0 Å². The minimum atomic E-state index is -0.894. The van der Waals surface area contributed by atoms with Gasteiger partial charge >= 0.3 is 0 Å². The van der Waals surface area contributed by atoms with Crippen LogP contribution in [0.3, 0.4) is 0 Å². The van der Waals surface area contributed by atoms with Crippen LogP contribution in [0.5, 0.6) is 0 Å². The van der Waals surface area contributed by atoms with E-state index in [1.807, 2.05) is 13.8 Å². The van der Waals surface area contributed by atoms with Crippen LogP contribution >= 0.6 is 0 Å². The third-order valence-electron chi connectivity index (χ3n) is 3.08. The first kappa shape index (κ1) is 15.2. The predicted molar refractivity (Wildman–Crippen MR) is 80.0 cm³/mol. The van der Waals surface area contributed by atoms with Crippen molar-refractivity contribution < 1.29 is 8.78 Å². The lowest BCUT2D eigenvalue weighted by atomic mass is 10.2. The lowest BCUT2D eigenvalue weighted by Crippen LogP contribution is -2.07. The van der Waals surface area contributed by atoms with Crippen LogP contribution in [0.1, 0.15) is 24.7 Å². The molecular formula is C15H18F2N4. The largest absolute Gasteiger partial charge is 0.373 e. The Morgan fingerprint density at radius 1 is 1.10 bits per heavy atom. The van der Waals surface area contributed by atoms with Crippen molar-refractivity contribution in [3.05, 3.63) is 41.2 Å². The highest BCUT2D eigenvalue weighted by atomic mass is 19.2. The van der Waals surface area contributed by atoms with Gasteiger partial charge in [-0.25, -0.2) is 18.7 Å². The quantitative estimate of drug-likeness (QED) is 0.880. The summed E-state index contributed by atoms with van der Waals surface area (Å²) in [6, 6.07) is 3.66. The van der Waals surface area contributed by atoms with Gasteiger partial charge in [-0.1, -0.05) is 6.92 Å². The minimum absolute atomic E-state index is 0.445. The number of aryl methyl sites for hydroxylation is 1. The average molecular weight is 292 g/mol. The number of hydrogen-bond donors (Lipinski definition) is 2. The van der Waals surface area contributed by atoms with Gasteiger partial charge in [-0.3, -0.25) is 0 Å². The molecule has 0 fully saturated rings. The van der Waals surface area contributed by atoms with Crippen LogP contribution in [0.4, 0.5) is 26.1 Å². The van der Waals surface area contributed by atoms with E-state index in [-0.39, 0.29) is 0 Å². The van der Waals surface area contributed by atoms with E-state index in [9.17, 15) is 8.78 Å². The second-order valence-electron chi connectivity index (χ2n) is 4.72. The Bertz CT molecular complexity index is 644. The first-order valence-corrected chi connectivity index (χ1v) is 6.82. The fraction of sp³-hybridized carbons (Fsp3) is 0.333. The lowest BCUT2D eigenvalue weighted by Gasteiger charge is -2.13. The number of halogens is 2. The molecule has 1 heterocycles. The Morgan fingerprint density at radius 3 is 2.43 bits per heavy atom. The molecule has 112 valence electrons. The van der Waals surface area contributed by atoms with Gasteiger partial charge in [-0.15, -0.1) is 0 Å². The van der Waals surface area contributed by atoms with E-state index in [1.165, 1.54) is 6.07 Å². The summed E-state index contributed by atoms with van der Waals surface area (Å²) in [4.78, 5) is 8.86. The van der Waals surface area contributed by atoms with Gasteiger partial charge in [0.05, 0.1) is 0 Å². The summed E-state index contributed by atoms with van der Waals surface area (Å²) in [6.45, 7) is 3.91. The molecule has 6 heteroatoms. The summed E-state index contributed by atoms with van der Waals surface area (Å²) in [5, 5.41) is 6.03. The Morgan fingerprint density at radius 2 is 1.81 bits per heavy atom. The fourth-order valence-electron chi connectivity index (χ4n) is 1.97. The molecular weight excluding hydrogens is 274 g/mol. The van der Waals surface area contributed by atoms with E-state index in [4.69, 9.17) is 0 Å². The molecule has 1 aromatic heterocycles. The summed E-state index contributed by atoms with van der Waals surface area (Å²) >= 11 is 0. The van der Waals surface area contributed by atoms with Crippen LogP contribution < -0.4 is 10.6 Å². The van der Waals surface area contributed by atoms with Crippen LogP contribution in [0.25, 0.3) is 0 Å². The topological polar surface area (TPSA) is 49.8 Å². The van der Waals surface area contributed by atoms with Crippen LogP contribution in [0.15, 0.2) is 18.2 Å². The third kappa shape index (κ3) is 3.45. The van der Waals surface area contributed by atoms with Gasteiger partial charge < -0.3 is 10.6 Å². The van der Waals surface area contributed by atoms with Gasteiger partial charge in [0.15, 0.2) is 11.6 Å². The number of aromatic nitrogens is 2. The molecule has 21 heavy (non-hydrogen) atoms. The van der Waals surface area contributed by atoms with E-state index in [2.05, 4.69) is 20.6 Å². The molecule has 0 aliphatic carbocycles. The summed E-state index contributed by atoms with van der Waals surface area (Å²) in [6.07, 6.45) is 1.68. The lowest BCUT2D eigenvalue weighted by molar-refractivity contribution is 0.509. The molecule has 0 aliphatic rings. The molecule has 2 aromatic rings. The Hall–Kier alpha value is -2.24. The van der Waals surface area contributed by atoms with Gasteiger partial charge in [0.1, 0.15) is 17.5 Å². The second kappa shape index (κ2) is 6.47. The summed E-state index contributed by atoms with van der Waals surface area (Å²) in [5.41, 5.74) is 1.27. The van der Waals surface area contributed by atoms with Crippen LogP contribution in [0.2, 0.25) is 0 Å². The van der Waals surface area contributed by atoms with Gasteiger partial charge in [-0.2, -0.15) is 0 Å². The number of rotatable bonds is 5. The highest BCUT2D eigenvalue weighted by Crippen LogP contribution is 2.24. The number of nitrogens with zero attached hydrogens (tertiary/aromatic N) is 2. The maximum absolute atomic E-state index is 13.3. The minimum Gasteiger partial charge on any atom is -0.373 e. The highest BCUT2D eigenvalue weighted by Gasteiger charge is 2.11. The highest BCUT2D eigenvalue weighted by molar-refractivity contribution is 5.64. The average Bonchev–Trinajstić information content (AvgIpc) is 2.46. The van der Waals surface area contributed by atoms with Gasteiger partial charge in [-0.05, 0) is 25.5 Å². The second-order valence-corrected chi connectivity index (χ2v) is 4.72. The van der Waals surface area contributed by atoms with E-state index in [1.54, 1.807) is 7.05 Å². The van der Waals surface area contributed by atoms with Crippen molar-refractivity contribution in [1.82, 2.24) is 9.97 Å². The Balaban J connectivity index is 2.37. The van der Waals surface area contributed by atoms with Gasteiger partial charge in [0.25, 0.3) is 0 Å². The zero-order valence-electron chi connectivity index (χ0n) is 12.3. The van der Waals surface area contributed by atoms with Crippen molar-refractivity contribution >= 4 is 17.3 Å². The normalized spacial score (nSPS) is 10.5. The third-order valence-corrected chi connectivity index (χ3v) is 3.08. The molecule has 2 rings (SSSR count). The van der Waals surface area contributed by atoms with E-state index in [0.29, 0.717) is 17.3 Å². The van der Waals surface area contributed by atoms with Crippen molar-refractivity contribution in [2.24, 2.45) is 0 Å². The molecule has 0 radical (unpaired) electrons. The molecule has 2 N–H and O–H groups in total. The van der Waals surface area contributed by atoms with Crippen LogP contribution in [-0.4, -0.2) is 17.0 Å². The molecule has 0 spiro atoms. The molecule has 0 atom stereocenters. The first-order valence-electron chi connectivity index (χ1n) is 6.82. The molecule has 0 saturated heterocycles. The fourth-order valence-corrected chi connectivity index (χ4v) is 1.97. The first-order chi connectivity index (χ1) is 10.0. The zero-order valence-corrected chi connectivity index (χ0v) is 12.3. The molecule has 0 aliphatic heterocycles. The Kier molecular flexibility index (Phi) is 4.67. The molecule has 0 bridgehead atoms. The van der Waals surface area contributed by atoms with Crippen LogP contribution in [0, 0.1) is 18.6 Å². The zero-order chi connectivity index (χ0) is 15.4.